The second kappa shape index (κ2) is 9.37. The number of hydrogen-bond acceptors (Lipinski definition) is 1. The molecular weight excluding hydrogens is 371 g/mol. The fourth-order valence-corrected chi connectivity index (χ4v) is 2.93. The van der Waals surface area contributed by atoms with Crippen LogP contribution in [0.2, 0.25) is 0 Å². The molecule has 0 aliphatic heterocycles. The molecule has 0 aromatic heterocycles. The summed E-state index contributed by atoms with van der Waals surface area (Å²) in [6.07, 6.45) is 3.76. The molecule has 0 spiro atoms. The molecule has 148 valence electrons. The minimum absolute atomic E-state index is 0.643. The van der Waals surface area contributed by atoms with Gasteiger partial charge in [-0.1, -0.05) is 60.7 Å². The second-order valence-corrected chi connectivity index (χ2v) is 6.73. The average molecular weight is 393 g/mol. The largest absolute Gasteiger partial charge is 0.416 e. The van der Waals surface area contributed by atoms with Crippen LogP contribution in [0.25, 0.3) is 11.1 Å². The van der Waals surface area contributed by atoms with E-state index in [1.165, 1.54) is 17.7 Å². The van der Waals surface area contributed by atoms with Gasteiger partial charge in [-0.25, -0.2) is 0 Å². The van der Waals surface area contributed by atoms with E-state index in [-0.39, 0.29) is 0 Å². The van der Waals surface area contributed by atoms with E-state index < -0.39 is 11.7 Å². The number of aryl methyl sites for hydroxylation is 1. The van der Waals surface area contributed by atoms with Crippen molar-refractivity contribution in [3.8, 4) is 11.1 Å². The Bertz CT molecular complexity index is 965. The lowest BCUT2D eigenvalue weighted by atomic mass is 10.0. The molecule has 4 heteroatoms. The summed E-state index contributed by atoms with van der Waals surface area (Å²) in [5.74, 6) is 0. The molecule has 0 N–H and O–H groups in total. The molecule has 3 rings (SSSR count). The van der Waals surface area contributed by atoms with Gasteiger partial charge in [0, 0.05) is 6.21 Å². The maximum atomic E-state index is 12.7. The van der Waals surface area contributed by atoms with E-state index in [0.29, 0.717) is 0 Å². The van der Waals surface area contributed by atoms with Crippen molar-refractivity contribution in [2.45, 2.75) is 25.9 Å². The van der Waals surface area contributed by atoms with Crippen LogP contribution in [0.4, 0.5) is 18.9 Å². The average Bonchev–Trinajstić information content (AvgIpc) is 2.73. The number of rotatable bonds is 6. The third-order valence-electron chi connectivity index (χ3n) is 4.59. The highest BCUT2D eigenvalue weighted by Crippen LogP contribution is 2.31. The van der Waals surface area contributed by atoms with Crippen LogP contribution in [-0.4, -0.2) is 6.21 Å². The van der Waals surface area contributed by atoms with Gasteiger partial charge in [-0.3, -0.25) is 4.99 Å². The molecule has 0 bridgehead atoms. The fourth-order valence-electron chi connectivity index (χ4n) is 2.93. The number of hydrogen-bond donors (Lipinski definition) is 0. The van der Waals surface area contributed by atoms with Gasteiger partial charge in [-0.05, 0) is 66.3 Å². The van der Waals surface area contributed by atoms with Crippen LogP contribution in [0, 0.1) is 0 Å². The van der Waals surface area contributed by atoms with Crippen molar-refractivity contribution in [1.82, 2.24) is 0 Å². The predicted molar refractivity (Wildman–Crippen MR) is 114 cm³/mol. The molecule has 0 amide bonds. The Morgan fingerprint density at radius 3 is 1.93 bits per heavy atom. The lowest BCUT2D eigenvalue weighted by molar-refractivity contribution is -0.137. The first-order valence-corrected chi connectivity index (χ1v) is 9.47. The molecule has 3 aromatic rings. The standard InChI is InChI=1S/C25H22F3N/c1-2-3-4-5-19-6-8-20(9-7-19)18-29-24-16-12-22(13-17-24)21-10-14-23(15-11-21)25(26,27)28/h2-3,6-18H,4-5H2,1H3/b3-2+,29-18?. The number of halogens is 3. The van der Waals surface area contributed by atoms with Crippen molar-refractivity contribution in [2.24, 2.45) is 4.99 Å². The molecule has 0 aliphatic rings. The van der Waals surface area contributed by atoms with Crippen LogP contribution >= 0.6 is 0 Å². The zero-order valence-electron chi connectivity index (χ0n) is 16.2. The number of allylic oxidation sites excluding steroid dienone is 2. The molecule has 0 aliphatic carbocycles. The van der Waals surface area contributed by atoms with E-state index in [9.17, 15) is 13.2 Å². The summed E-state index contributed by atoms with van der Waals surface area (Å²) in [6.45, 7) is 2.02. The van der Waals surface area contributed by atoms with Crippen LogP contribution in [0.3, 0.4) is 0 Å². The first kappa shape index (κ1) is 20.6. The molecule has 3 aromatic carbocycles. The van der Waals surface area contributed by atoms with Crippen molar-refractivity contribution in [3.05, 3.63) is 102 Å². The SMILES string of the molecule is C/C=C/CCc1ccc(C=Nc2ccc(-c3ccc(C(F)(F)F)cc3)cc2)cc1. The summed E-state index contributed by atoms with van der Waals surface area (Å²) in [6, 6.07) is 20.9. The normalized spacial score (nSPS) is 12.1. The zero-order valence-corrected chi connectivity index (χ0v) is 16.2. The Kier molecular flexibility index (Phi) is 6.65. The van der Waals surface area contributed by atoms with Crippen molar-refractivity contribution < 1.29 is 13.2 Å². The molecule has 0 saturated heterocycles. The predicted octanol–water partition coefficient (Wildman–Crippen LogP) is 7.63. The minimum Gasteiger partial charge on any atom is -0.256 e. The monoisotopic (exact) mass is 393 g/mol. The van der Waals surface area contributed by atoms with Crippen LogP contribution in [0.15, 0.2) is 89.9 Å². The number of benzene rings is 3. The number of aliphatic imine (C=N–C) groups is 1. The van der Waals surface area contributed by atoms with Crippen molar-refractivity contribution in [2.75, 3.05) is 0 Å². The highest BCUT2D eigenvalue weighted by atomic mass is 19.4. The van der Waals surface area contributed by atoms with Crippen molar-refractivity contribution in [1.29, 1.82) is 0 Å². The van der Waals surface area contributed by atoms with E-state index in [1.54, 1.807) is 0 Å². The highest BCUT2D eigenvalue weighted by molar-refractivity contribution is 5.82. The van der Waals surface area contributed by atoms with E-state index in [4.69, 9.17) is 0 Å². The summed E-state index contributed by atoms with van der Waals surface area (Å²) < 4.78 is 38.0. The van der Waals surface area contributed by atoms with Crippen LogP contribution in [0.1, 0.15) is 30.0 Å². The molecule has 29 heavy (non-hydrogen) atoms. The maximum Gasteiger partial charge on any atom is 0.416 e. The summed E-state index contributed by atoms with van der Waals surface area (Å²) in [7, 11) is 0. The summed E-state index contributed by atoms with van der Waals surface area (Å²) in [4.78, 5) is 4.48. The quantitative estimate of drug-likeness (QED) is 0.301. The smallest absolute Gasteiger partial charge is 0.256 e. The fraction of sp³-hybridized carbons (Fsp3) is 0.160. The first-order chi connectivity index (χ1) is 14.0. The van der Waals surface area contributed by atoms with Gasteiger partial charge in [-0.15, -0.1) is 0 Å². The lowest BCUT2D eigenvalue weighted by Crippen LogP contribution is -2.03. The van der Waals surface area contributed by atoms with Crippen molar-refractivity contribution >= 4 is 11.9 Å². The Morgan fingerprint density at radius 1 is 0.793 bits per heavy atom. The maximum absolute atomic E-state index is 12.7. The molecule has 0 heterocycles. The third kappa shape index (κ3) is 5.92. The first-order valence-electron chi connectivity index (χ1n) is 9.47. The minimum atomic E-state index is -4.32. The Balaban J connectivity index is 1.64. The van der Waals surface area contributed by atoms with E-state index in [1.807, 2.05) is 49.5 Å². The van der Waals surface area contributed by atoms with Crippen LogP contribution < -0.4 is 0 Å². The van der Waals surface area contributed by atoms with Gasteiger partial charge < -0.3 is 0 Å². The third-order valence-corrected chi connectivity index (χ3v) is 4.59. The van der Waals surface area contributed by atoms with Gasteiger partial charge in [0.15, 0.2) is 0 Å². The Hall–Kier alpha value is -3.14. The van der Waals surface area contributed by atoms with Crippen LogP contribution in [-0.2, 0) is 12.6 Å². The van der Waals surface area contributed by atoms with Crippen LogP contribution in [0.5, 0.6) is 0 Å². The number of alkyl halides is 3. The van der Waals surface area contributed by atoms with Crippen molar-refractivity contribution in [3.63, 3.8) is 0 Å². The molecule has 0 atom stereocenters. The second-order valence-electron chi connectivity index (χ2n) is 6.73. The van der Waals surface area contributed by atoms with E-state index >= 15 is 0 Å². The topological polar surface area (TPSA) is 12.4 Å². The van der Waals surface area contributed by atoms with E-state index in [0.717, 1.165) is 47.4 Å². The molecular formula is C25H22F3N. The number of nitrogens with zero attached hydrogens (tertiary/aromatic N) is 1. The Morgan fingerprint density at radius 2 is 1.38 bits per heavy atom. The van der Waals surface area contributed by atoms with Gasteiger partial charge in [0.2, 0.25) is 0 Å². The Labute approximate surface area is 169 Å². The van der Waals surface area contributed by atoms with E-state index in [2.05, 4.69) is 29.3 Å². The lowest BCUT2D eigenvalue weighted by Gasteiger charge is -2.08. The van der Waals surface area contributed by atoms with Gasteiger partial charge in [0.25, 0.3) is 0 Å². The van der Waals surface area contributed by atoms with Gasteiger partial charge in [0.05, 0.1) is 11.3 Å². The summed E-state index contributed by atoms with van der Waals surface area (Å²) in [5, 5.41) is 0. The highest BCUT2D eigenvalue weighted by Gasteiger charge is 2.29. The zero-order chi connectivity index (χ0) is 20.7. The molecule has 1 nitrogen and oxygen atoms in total. The van der Waals surface area contributed by atoms with Gasteiger partial charge >= 0.3 is 6.18 Å². The summed E-state index contributed by atoms with van der Waals surface area (Å²) in [5.41, 5.74) is 4.05. The van der Waals surface area contributed by atoms with Gasteiger partial charge in [0.1, 0.15) is 0 Å². The van der Waals surface area contributed by atoms with Gasteiger partial charge in [-0.2, -0.15) is 13.2 Å². The molecule has 0 radical (unpaired) electrons. The molecule has 0 fully saturated rings. The molecule has 0 saturated carbocycles. The molecule has 0 unspecified atom stereocenters. The summed E-state index contributed by atoms with van der Waals surface area (Å²) >= 11 is 0.